The lowest BCUT2D eigenvalue weighted by Gasteiger charge is -2.36. The second kappa shape index (κ2) is 8.70. The fourth-order valence-corrected chi connectivity index (χ4v) is 3.69. The maximum atomic E-state index is 4.19. The highest BCUT2D eigenvalue weighted by Crippen LogP contribution is 2.33. The first-order valence-corrected chi connectivity index (χ1v) is 8.41. The molecule has 0 N–H and O–H groups in total. The summed E-state index contributed by atoms with van der Waals surface area (Å²) in [7, 11) is 2.22. The molecular weight excluding hydrogens is 300 g/mol. The van der Waals surface area contributed by atoms with E-state index in [0.29, 0.717) is 5.41 Å². The maximum Gasteiger partial charge on any atom is 0.0312 e. The SMILES string of the molecule is CCCC(CBr)(CCC)CN(C)Cc1cccnc1. The molecule has 0 atom stereocenters. The Morgan fingerprint density at radius 1 is 1.26 bits per heavy atom. The molecule has 0 aliphatic carbocycles. The minimum atomic E-state index is 0.417. The van der Waals surface area contributed by atoms with Crippen molar-refractivity contribution in [1.82, 2.24) is 9.88 Å². The Bertz CT molecular complexity index is 334. The molecule has 0 aliphatic heterocycles. The summed E-state index contributed by atoms with van der Waals surface area (Å²) in [6, 6.07) is 4.16. The molecule has 0 saturated carbocycles. The average Bonchev–Trinajstić information content (AvgIpc) is 2.40. The van der Waals surface area contributed by atoms with E-state index in [1.54, 1.807) is 0 Å². The van der Waals surface area contributed by atoms with Crippen LogP contribution in [0.4, 0.5) is 0 Å². The molecular formula is C16H27BrN2. The van der Waals surface area contributed by atoms with Crippen molar-refractivity contribution in [3.63, 3.8) is 0 Å². The molecule has 2 nitrogen and oxygen atoms in total. The molecule has 1 aromatic heterocycles. The van der Waals surface area contributed by atoms with Crippen LogP contribution < -0.4 is 0 Å². The van der Waals surface area contributed by atoms with Crippen LogP contribution in [0.15, 0.2) is 24.5 Å². The van der Waals surface area contributed by atoms with E-state index in [0.717, 1.165) is 18.4 Å². The summed E-state index contributed by atoms with van der Waals surface area (Å²) >= 11 is 3.75. The van der Waals surface area contributed by atoms with Crippen LogP contribution in [0.25, 0.3) is 0 Å². The van der Waals surface area contributed by atoms with Crippen molar-refractivity contribution >= 4 is 15.9 Å². The summed E-state index contributed by atoms with van der Waals surface area (Å²) in [5.74, 6) is 0. The van der Waals surface area contributed by atoms with Crippen LogP contribution in [0.5, 0.6) is 0 Å². The molecule has 0 radical (unpaired) electrons. The Labute approximate surface area is 126 Å². The normalized spacial score (nSPS) is 12.1. The second-order valence-electron chi connectivity index (χ2n) is 5.67. The zero-order valence-electron chi connectivity index (χ0n) is 12.5. The van der Waals surface area contributed by atoms with Crippen LogP contribution >= 0.6 is 15.9 Å². The van der Waals surface area contributed by atoms with Crippen LogP contribution in [-0.2, 0) is 6.54 Å². The van der Waals surface area contributed by atoms with E-state index in [1.807, 2.05) is 18.5 Å². The zero-order valence-corrected chi connectivity index (χ0v) is 14.1. The van der Waals surface area contributed by atoms with Gasteiger partial charge >= 0.3 is 0 Å². The number of hydrogen-bond donors (Lipinski definition) is 0. The van der Waals surface area contributed by atoms with Gasteiger partial charge in [0.1, 0.15) is 0 Å². The van der Waals surface area contributed by atoms with Gasteiger partial charge in [0.25, 0.3) is 0 Å². The molecule has 0 unspecified atom stereocenters. The molecule has 0 spiro atoms. The Kier molecular flexibility index (Phi) is 7.62. The summed E-state index contributed by atoms with van der Waals surface area (Å²) in [6.07, 6.45) is 8.90. The summed E-state index contributed by atoms with van der Waals surface area (Å²) in [5, 5.41) is 1.10. The molecule has 0 aliphatic rings. The molecule has 0 saturated heterocycles. The van der Waals surface area contributed by atoms with Gasteiger partial charge in [-0.1, -0.05) is 48.7 Å². The molecule has 1 rings (SSSR count). The molecule has 0 aromatic carbocycles. The predicted octanol–water partition coefficient (Wildman–Crippen LogP) is 4.49. The van der Waals surface area contributed by atoms with Gasteiger partial charge in [-0.25, -0.2) is 0 Å². The third-order valence-electron chi connectivity index (χ3n) is 3.62. The van der Waals surface area contributed by atoms with Gasteiger partial charge in [-0.2, -0.15) is 0 Å². The van der Waals surface area contributed by atoms with Gasteiger partial charge in [0, 0.05) is 30.8 Å². The minimum Gasteiger partial charge on any atom is -0.301 e. The largest absolute Gasteiger partial charge is 0.301 e. The summed E-state index contributed by atoms with van der Waals surface area (Å²) in [5.41, 5.74) is 1.71. The monoisotopic (exact) mass is 326 g/mol. The van der Waals surface area contributed by atoms with E-state index >= 15 is 0 Å². The maximum absolute atomic E-state index is 4.19. The van der Waals surface area contributed by atoms with Crippen LogP contribution in [0.3, 0.4) is 0 Å². The Hall–Kier alpha value is -0.410. The van der Waals surface area contributed by atoms with Gasteiger partial charge < -0.3 is 4.90 Å². The molecule has 108 valence electrons. The van der Waals surface area contributed by atoms with Gasteiger partial charge in [0.15, 0.2) is 0 Å². The quantitative estimate of drug-likeness (QED) is 0.621. The van der Waals surface area contributed by atoms with Crippen molar-refractivity contribution in [2.75, 3.05) is 18.9 Å². The highest BCUT2D eigenvalue weighted by Gasteiger charge is 2.28. The third kappa shape index (κ3) is 5.62. The molecule has 1 heterocycles. The first-order chi connectivity index (χ1) is 9.15. The number of rotatable bonds is 9. The minimum absolute atomic E-state index is 0.417. The highest BCUT2D eigenvalue weighted by molar-refractivity contribution is 9.09. The number of aromatic nitrogens is 1. The number of hydrogen-bond acceptors (Lipinski definition) is 2. The zero-order chi connectivity index (χ0) is 14.1. The summed E-state index contributed by atoms with van der Waals surface area (Å²) in [4.78, 5) is 6.63. The van der Waals surface area contributed by atoms with Crippen molar-refractivity contribution < 1.29 is 0 Å². The lowest BCUT2D eigenvalue weighted by molar-refractivity contribution is 0.166. The standard InChI is InChI=1S/C16H27BrN2/c1-4-8-16(13-17,9-5-2)14-19(3)12-15-7-6-10-18-11-15/h6-7,10-11H,4-5,8-9,12-14H2,1-3H3. The lowest BCUT2D eigenvalue weighted by Crippen LogP contribution is -2.36. The second-order valence-corrected chi connectivity index (χ2v) is 6.23. The van der Waals surface area contributed by atoms with Crippen molar-refractivity contribution in [3.8, 4) is 0 Å². The fraction of sp³-hybridized carbons (Fsp3) is 0.688. The summed E-state index contributed by atoms with van der Waals surface area (Å²) in [6.45, 7) is 6.70. The van der Waals surface area contributed by atoms with Crippen molar-refractivity contribution in [2.45, 2.75) is 46.1 Å². The third-order valence-corrected chi connectivity index (χ3v) is 4.81. The molecule has 0 amide bonds. The number of nitrogens with zero attached hydrogens (tertiary/aromatic N) is 2. The van der Waals surface area contributed by atoms with Gasteiger partial charge in [0.2, 0.25) is 0 Å². The lowest BCUT2D eigenvalue weighted by atomic mass is 9.80. The van der Waals surface area contributed by atoms with E-state index in [1.165, 1.54) is 31.2 Å². The molecule has 0 fully saturated rings. The van der Waals surface area contributed by atoms with E-state index < -0.39 is 0 Å². The van der Waals surface area contributed by atoms with E-state index in [-0.39, 0.29) is 0 Å². The van der Waals surface area contributed by atoms with Gasteiger partial charge in [-0.15, -0.1) is 0 Å². The number of pyridine rings is 1. The topological polar surface area (TPSA) is 16.1 Å². The highest BCUT2D eigenvalue weighted by atomic mass is 79.9. The summed E-state index contributed by atoms with van der Waals surface area (Å²) < 4.78 is 0. The Morgan fingerprint density at radius 2 is 1.95 bits per heavy atom. The average molecular weight is 327 g/mol. The van der Waals surface area contributed by atoms with Gasteiger partial charge in [-0.05, 0) is 36.9 Å². The molecule has 0 bridgehead atoms. The predicted molar refractivity (Wildman–Crippen MR) is 86.6 cm³/mol. The van der Waals surface area contributed by atoms with Crippen LogP contribution in [0.1, 0.15) is 45.1 Å². The van der Waals surface area contributed by atoms with Crippen molar-refractivity contribution in [2.24, 2.45) is 5.41 Å². The van der Waals surface area contributed by atoms with Crippen LogP contribution in [0, 0.1) is 5.41 Å². The van der Waals surface area contributed by atoms with E-state index in [2.05, 4.69) is 52.8 Å². The van der Waals surface area contributed by atoms with Gasteiger partial charge in [-0.3, -0.25) is 4.98 Å². The first-order valence-electron chi connectivity index (χ1n) is 7.29. The van der Waals surface area contributed by atoms with Crippen molar-refractivity contribution in [1.29, 1.82) is 0 Å². The molecule has 19 heavy (non-hydrogen) atoms. The van der Waals surface area contributed by atoms with Crippen molar-refractivity contribution in [3.05, 3.63) is 30.1 Å². The number of alkyl halides is 1. The Morgan fingerprint density at radius 3 is 2.42 bits per heavy atom. The molecule has 1 aromatic rings. The Balaban J connectivity index is 2.62. The van der Waals surface area contributed by atoms with Crippen LogP contribution in [-0.4, -0.2) is 28.8 Å². The van der Waals surface area contributed by atoms with Crippen LogP contribution in [0.2, 0.25) is 0 Å². The molecule has 3 heteroatoms. The van der Waals surface area contributed by atoms with E-state index in [9.17, 15) is 0 Å². The van der Waals surface area contributed by atoms with Gasteiger partial charge in [0.05, 0.1) is 0 Å². The first kappa shape index (κ1) is 16.6. The van der Waals surface area contributed by atoms with E-state index in [4.69, 9.17) is 0 Å². The fourth-order valence-electron chi connectivity index (χ4n) is 2.95. The number of halogens is 1. The smallest absolute Gasteiger partial charge is 0.0312 e.